The van der Waals surface area contributed by atoms with Crippen LogP contribution in [0.3, 0.4) is 0 Å². The average molecular weight is 815 g/mol. The van der Waals surface area contributed by atoms with Gasteiger partial charge in [-0.05, 0) is 109 Å². The molecule has 3 heterocycles. The lowest BCUT2D eigenvalue weighted by Crippen LogP contribution is -2.59. The maximum absolute atomic E-state index is 14.9. The molecule has 4 aliphatic carbocycles. The lowest BCUT2D eigenvalue weighted by atomic mass is 9.66. The Morgan fingerprint density at radius 3 is 2.22 bits per heavy atom. The number of hydrogen-bond acceptors (Lipinski definition) is 11. The van der Waals surface area contributed by atoms with E-state index in [1.54, 1.807) is 21.3 Å². The number of alkyl halides is 2. The summed E-state index contributed by atoms with van der Waals surface area (Å²) in [5.41, 5.74) is 0.713. The van der Waals surface area contributed by atoms with E-state index in [9.17, 15) is 9.59 Å². The highest BCUT2D eigenvalue weighted by molar-refractivity contribution is 6.51. The zero-order chi connectivity index (χ0) is 39.5. The molecule has 3 saturated heterocycles. The second-order valence-corrected chi connectivity index (χ2v) is 19.3. The number of rotatable bonds is 9. The molecule has 55 heavy (non-hydrogen) atoms. The molecule has 3 aliphatic heterocycles. The topological polar surface area (TPSA) is 111 Å². The van der Waals surface area contributed by atoms with Crippen LogP contribution in [0.25, 0.3) is 0 Å². The smallest absolute Gasteiger partial charge is 0.306 e. The number of fused-ring (bicyclic) bond motifs is 8. The third kappa shape index (κ3) is 7.96. The third-order valence-electron chi connectivity index (χ3n) is 14.7. The highest BCUT2D eigenvalue weighted by Crippen LogP contribution is 2.77. The van der Waals surface area contributed by atoms with Crippen molar-refractivity contribution in [2.75, 3.05) is 35.4 Å². The van der Waals surface area contributed by atoms with Gasteiger partial charge in [-0.15, -0.1) is 23.2 Å². The summed E-state index contributed by atoms with van der Waals surface area (Å²) in [5, 5.41) is 0. The number of nitrogens with zero attached hydrogens (tertiary/aromatic N) is 1. The molecule has 0 aromatic heterocycles. The summed E-state index contributed by atoms with van der Waals surface area (Å²) in [6.45, 7) is 8.12. The normalized spacial score (nSPS) is 48.4. The van der Waals surface area contributed by atoms with Crippen molar-refractivity contribution in [1.82, 2.24) is 4.90 Å². The van der Waals surface area contributed by atoms with Gasteiger partial charge in [0.1, 0.15) is 28.7 Å². The molecule has 6 fully saturated rings. The highest BCUT2D eigenvalue weighted by Gasteiger charge is 2.76. The van der Waals surface area contributed by atoms with E-state index < -0.39 is 22.6 Å². The van der Waals surface area contributed by atoms with E-state index in [1.165, 1.54) is 0 Å². The van der Waals surface area contributed by atoms with E-state index in [2.05, 4.69) is 38.9 Å². The molecule has 312 valence electrons. The van der Waals surface area contributed by atoms with Gasteiger partial charge >= 0.3 is 5.97 Å². The predicted molar refractivity (Wildman–Crippen MR) is 207 cm³/mol. The van der Waals surface area contributed by atoms with Gasteiger partial charge in [0.15, 0.2) is 18.4 Å². The second kappa shape index (κ2) is 17.0. The van der Waals surface area contributed by atoms with Gasteiger partial charge in [0.25, 0.3) is 0 Å². The van der Waals surface area contributed by atoms with E-state index in [1.807, 2.05) is 13.8 Å². The van der Waals surface area contributed by atoms with Gasteiger partial charge in [-0.1, -0.05) is 19.9 Å². The Bertz CT molecular complexity index is 1410. The fourth-order valence-electron chi connectivity index (χ4n) is 12.0. The van der Waals surface area contributed by atoms with E-state index in [4.69, 9.17) is 61.1 Å². The molecule has 11 nitrogen and oxygen atoms in total. The number of methoxy groups -OCH3 is 3. The minimum atomic E-state index is -0.947. The van der Waals surface area contributed by atoms with Crippen molar-refractivity contribution in [3.8, 4) is 0 Å². The molecule has 0 spiro atoms. The van der Waals surface area contributed by atoms with Gasteiger partial charge in [0, 0.05) is 51.0 Å². The first-order valence-corrected chi connectivity index (χ1v) is 21.7. The monoisotopic (exact) mass is 813 g/mol. The number of hydrogen-bond donors (Lipinski definition) is 0. The lowest BCUT2D eigenvalue weighted by molar-refractivity contribution is -0.314. The first kappa shape index (κ1) is 42.3. The second-order valence-electron chi connectivity index (χ2n) is 17.8. The summed E-state index contributed by atoms with van der Waals surface area (Å²) in [7, 11) is 9.10. The predicted octanol–water partition coefficient (Wildman–Crippen LogP) is 6.35. The van der Waals surface area contributed by atoms with Crippen molar-refractivity contribution in [1.29, 1.82) is 0 Å². The van der Waals surface area contributed by atoms with Crippen molar-refractivity contribution in [3.63, 3.8) is 0 Å². The number of Topliss-reactive ketones (excluding diaryl/α,β-unsaturated/α-hetero) is 1. The van der Waals surface area contributed by atoms with Crippen LogP contribution in [0.4, 0.5) is 0 Å². The van der Waals surface area contributed by atoms with Crippen LogP contribution in [0.2, 0.25) is 0 Å². The fourth-order valence-corrected chi connectivity index (χ4v) is 13.0. The summed E-state index contributed by atoms with van der Waals surface area (Å²) in [5.74, 6) is -0.622. The number of carbonyl (C=O) groups is 2. The van der Waals surface area contributed by atoms with Gasteiger partial charge in [-0.3, -0.25) is 9.59 Å². The van der Waals surface area contributed by atoms with Crippen LogP contribution in [0, 0.1) is 47.3 Å². The van der Waals surface area contributed by atoms with Gasteiger partial charge < -0.3 is 42.8 Å². The fraction of sp³-hybridized carbons (Fsp3) is 0.905. The van der Waals surface area contributed by atoms with Crippen molar-refractivity contribution in [3.05, 3.63) is 11.6 Å². The Morgan fingerprint density at radius 2 is 1.56 bits per heavy atom. The van der Waals surface area contributed by atoms with Crippen LogP contribution in [-0.4, -0.2) is 124 Å². The number of halogens is 2. The molecule has 0 aromatic carbocycles. The maximum atomic E-state index is 14.9. The standard InChI is InChI=1S/C42H65Cl2NO10/c1-10-23-12-11-13-31(55-33-15-14-30(45(5)6)21(3)51-33)20(2)37(47)29-18-26-25-16-24(54-41-40(50-9)39(49-8)38(48-7)22(4)52-41)17-28(25)35-36(42(35,43)44)34(26)27(29)19-32(46)53-23/h18,20-28,30-31,33-36,38-41H,10-17,19H2,1-9H3/t20-,21?,22?,23+,24+,25+,26+,27-,28-,30+,31+,33?,34-,35?,36?,38+,39?,40?,41+/m1/s1. The zero-order valence-electron chi connectivity index (χ0n) is 34.2. The molecule has 7 unspecified atom stereocenters. The van der Waals surface area contributed by atoms with Crippen molar-refractivity contribution in [2.45, 2.75) is 157 Å². The van der Waals surface area contributed by atoms with Gasteiger partial charge in [-0.25, -0.2) is 0 Å². The van der Waals surface area contributed by atoms with Crippen LogP contribution in [0.1, 0.15) is 85.5 Å². The van der Waals surface area contributed by atoms with E-state index in [-0.39, 0.29) is 109 Å². The van der Waals surface area contributed by atoms with Gasteiger partial charge in [0.05, 0.1) is 30.8 Å². The number of carbonyl (C=O) groups excluding carboxylic acids is 2. The Balaban J connectivity index is 1.15. The molecular weight excluding hydrogens is 749 g/mol. The summed E-state index contributed by atoms with van der Waals surface area (Å²) < 4.78 is 48.9. The molecule has 0 radical (unpaired) electrons. The van der Waals surface area contributed by atoms with Crippen molar-refractivity contribution in [2.24, 2.45) is 47.3 Å². The molecule has 0 aromatic rings. The first-order chi connectivity index (χ1) is 26.2. The number of esters is 1. The van der Waals surface area contributed by atoms with E-state index >= 15 is 0 Å². The minimum Gasteiger partial charge on any atom is -0.462 e. The molecule has 7 aliphatic rings. The number of allylic oxidation sites excluding steroid dienone is 2. The van der Waals surface area contributed by atoms with Gasteiger partial charge in [0.2, 0.25) is 0 Å². The Kier molecular flexibility index (Phi) is 13.1. The average Bonchev–Trinajstić information content (AvgIpc) is 3.40. The van der Waals surface area contributed by atoms with Crippen LogP contribution in [0.15, 0.2) is 11.6 Å². The summed E-state index contributed by atoms with van der Waals surface area (Å²) in [4.78, 5) is 30.8. The number of cyclic esters (lactones) is 1. The maximum Gasteiger partial charge on any atom is 0.306 e. The third-order valence-corrected chi connectivity index (χ3v) is 15.7. The molecule has 19 atom stereocenters. The summed E-state index contributed by atoms with van der Waals surface area (Å²) in [6.07, 6.45) is 5.43. The summed E-state index contributed by atoms with van der Waals surface area (Å²) in [6, 6.07) is 0.319. The quantitative estimate of drug-likeness (QED) is 0.192. The SMILES string of the molecule is CC[C@H]1CCC[C@H](OC2CC[C@H](N(C)C)C(C)O2)[C@@H](C)C(=O)C2=C[C@H]3[C@@H]4C[C@H](O[C@@H]5OC(C)[C@H](OC)C(OC)C5OC)C[C@H]4C4C([C@H]3[C@@H]2CC(=O)O1)C4(Cl)Cl. The van der Waals surface area contributed by atoms with Crippen molar-refractivity contribution >= 4 is 35.0 Å². The van der Waals surface area contributed by atoms with E-state index in [0.717, 1.165) is 44.9 Å². The van der Waals surface area contributed by atoms with Crippen LogP contribution in [0.5, 0.6) is 0 Å². The minimum absolute atomic E-state index is 0.0158. The molecule has 3 saturated carbocycles. The van der Waals surface area contributed by atoms with E-state index in [0.29, 0.717) is 18.0 Å². The van der Waals surface area contributed by atoms with Crippen LogP contribution < -0.4 is 0 Å². The Hall–Kier alpha value is -0.860. The Labute approximate surface area is 338 Å². The largest absolute Gasteiger partial charge is 0.462 e. The van der Waals surface area contributed by atoms with Crippen LogP contribution in [-0.2, 0) is 47.5 Å². The molecule has 0 bridgehead atoms. The first-order valence-electron chi connectivity index (χ1n) is 20.9. The number of ketones is 1. The molecular formula is C42H65Cl2NO10. The lowest BCUT2D eigenvalue weighted by Gasteiger charge is -2.44. The summed E-state index contributed by atoms with van der Waals surface area (Å²) >= 11 is 14.5. The molecule has 7 rings (SSSR count). The van der Waals surface area contributed by atoms with Crippen molar-refractivity contribution < 1.29 is 47.5 Å². The molecule has 13 heteroatoms. The molecule has 0 N–H and O–H groups in total. The molecule has 0 amide bonds. The highest BCUT2D eigenvalue weighted by atomic mass is 35.5. The Morgan fingerprint density at radius 1 is 0.855 bits per heavy atom. The van der Waals surface area contributed by atoms with Gasteiger partial charge in [-0.2, -0.15) is 0 Å². The van der Waals surface area contributed by atoms with Crippen LogP contribution >= 0.6 is 23.2 Å². The number of likely N-dealkylation sites (N-methyl/N-ethyl adjacent to an activating group) is 1. The number of ether oxygens (including phenoxy) is 8. The zero-order valence-corrected chi connectivity index (χ0v) is 35.7.